The van der Waals surface area contributed by atoms with Crippen LogP contribution in [0.2, 0.25) is 13.1 Å². The molecule has 0 heterocycles. The lowest BCUT2D eigenvalue weighted by molar-refractivity contribution is 0.342. The van der Waals surface area contributed by atoms with Crippen LogP contribution < -0.4 is 9.47 Å². The fraction of sp³-hybridized carbons (Fsp3) is 0.294. The summed E-state index contributed by atoms with van der Waals surface area (Å²) in [4.78, 5) is 0. The lowest BCUT2D eigenvalue weighted by Crippen LogP contribution is -2.41. The largest absolute Gasteiger partial charge is 0.497 e. The second-order valence-corrected chi connectivity index (χ2v) is 11.7. The molecule has 2 aromatic carbocycles. The van der Waals surface area contributed by atoms with E-state index in [0.717, 1.165) is 28.4 Å². The van der Waals surface area contributed by atoms with E-state index in [9.17, 15) is 0 Å². The highest BCUT2D eigenvalue weighted by Gasteiger charge is 2.24. The summed E-state index contributed by atoms with van der Waals surface area (Å²) >= 11 is 3.51. The molecule has 2 rings (SSSR count). The number of benzene rings is 2. The molecule has 21 heavy (non-hydrogen) atoms. The average Bonchev–Trinajstić information content (AvgIpc) is 2.46. The first-order chi connectivity index (χ1) is 9.98. The van der Waals surface area contributed by atoms with Crippen molar-refractivity contribution in [3.05, 3.63) is 58.6 Å². The molecular formula is C17H21BrO2Si. The Labute approximate surface area is 136 Å². The van der Waals surface area contributed by atoms with Gasteiger partial charge in [0.15, 0.2) is 0 Å². The number of hydrogen-bond donors (Lipinski definition) is 0. The van der Waals surface area contributed by atoms with Crippen molar-refractivity contribution in [3.63, 3.8) is 0 Å². The predicted molar refractivity (Wildman–Crippen MR) is 93.8 cm³/mol. The zero-order valence-corrected chi connectivity index (χ0v) is 15.3. The zero-order chi connectivity index (χ0) is 15.3. The molecule has 0 aromatic heterocycles. The minimum absolute atomic E-state index is 0.738. The molecule has 0 aliphatic heterocycles. The molecule has 0 N–H and O–H groups in total. The van der Waals surface area contributed by atoms with E-state index in [1.165, 1.54) is 5.56 Å². The molecule has 2 aromatic rings. The smallest absolute Gasteiger partial charge is 0.136 e. The monoisotopic (exact) mass is 364 g/mol. The first kappa shape index (κ1) is 16.1. The Morgan fingerprint density at radius 3 is 2.00 bits per heavy atom. The van der Waals surface area contributed by atoms with Gasteiger partial charge in [-0.3, -0.25) is 0 Å². The Morgan fingerprint density at radius 2 is 1.38 bits per heavy atom. The summed E-state index contributed by atoms with van der Waals surface area (Å²) in [7, 11) is -1.58. The Hall–Kier alpha value is -1.26. The number of para-hydroxylation sites is 2. The molecule has 0 fully saturated rings. The molecule has 0 saturated carbocycles. The summed E-state index contributed by atoms with van der Waals surface area (Å²) in [5.74, 6) is 1.87. The fourth-order valence-electron chi connectivity index (χ4n) is 1.87. The predicted octanol–water partition coefficient (Wildman–Crippen LogP) is 5.00. The van der Waals surface area contributed by atoms with Gasteiger partial charge in [-0.05, 0) is 46.6 Å². The Balaban J connectivity index is 1.90. The van der Waals surface area contributed by atoms with Crippen molar-refractivity contribution >= 4 is 24.0 Å². The van der Waals surface area contributed by atoms with E-state index in [-0.39, 0.29) is 0 Å². The van der Waals surface area contributed by atoms with Gasteiger partial charge in [0.2, 0.25) is 0 Å². The van der Waals surface area contributed by atoms with Crippen LogP contribution in [0.5, 0.6) is 11.5 Å². The third kappa shape index (κ3) is 4.90. The minimum Gasteiger partial charge on any atom is -0.497 e. The van der Waals surface area contributed by atoms with E-state index >= 15 is 0 Å². The highest BCUT2D eigenvalue weighted by Crippen LogP contribution is 2.25. The molecule has 0 aliphatic rings. The molecule has 0 spiro atoms. The molecule has 0 radical (unpaired) electrons. The first-order valence-electron chi connectivity index (χ1n) is 7.04. The van der Waals surface area contributed by atoms with Crippen molar-refractivity contribution in [1.29, 1.82) is 0 Å². The third-order valence-electron chi connectivity index (χ3n) is 3.17. The Morgan fingerprint density at radius 1 is 0.857 bits per heavy atom. The van der Waals surface area contributed by atoms with Gasteiger partial charge in [0.1, 0.15) is 19.6 Å². The topological polar surface area (TPSA) is 18.5 Å². The Kier molecular flexibility index (Phi) is 5.48. The first-order valence-corrected chi connectivity index (χ1v) is 11.2. The summed E-state index contributed by atoms with van der Waals surface area (Å²) in [6.45, 7) is 6.63. The number of halogens is 1. The van der Waals surface area contributed by atoms with Crippen molar-refractivity contribution in [2.45, 2.75) is 20.0 Å². The van der Waals surface area contributed by atoms with Gasteiger partial charge < -0.3 is 9.47 Å². The van der Waals surface area contributed by atoms with Crippen LogP contribution in [0.4, 0.5) is 0 Å². The van der Waals surface area contributed by atoms with E-state index in [1.807, 2.05) is 42.5 Å². The molecule has 0 aliphatic carbocycles. The maximum Gasteiger partial charge on any atom is 0.136 e. The molecule has 112 valence electrons. The van der Waals surface area contributed by atoms with Crippen LogP contribution in [0.3, 0.4) is 0 Å². The number of aryl methyl sites for hydroxylation is 1. The number of rotatable bonds is 6. The summed E-state index contributed by atoms with van der Waals surface area (Å²) in [6, 6.07) is 16.1. The summed E-state index contributed by atoms with van der Waals surface area (Å²) in [6.07, 6.45) is 1.49. The van der Waals surface area contributed by atoms with Gasteiger partial charge in [0, 0.05) is 0 Å². The van der Waals surface area contributed by atoms with Crippen LogP contribution in [0, 0.1) is 6.92 Å². The molecule has 0 bridgehead atoms. The highest BCUT2D eigenvalue weighted by molar-refractivity contribution is 9.10. The standard InChI is InChI=1S/C17H21BrO2Si/c1-14-8-4-6-10-16(14)19-12-21(2,3)13-20-17-11-7-5-9-15(17)18/h4-11H,12-13H2,1-3H3. The minimum atomic E-state index is -1.58. The van der Waals surface area contributed by atoms with Gasteiger partial charge >= 0.3 is 0 Å². The van der Waals surface area contributed by atoms with Crippen molar-refractivity contribution in [2.24, 2.45) is 0 Å². The summed E-state index contributed by atoms with van der Waals surface area (Å²) in [5.41, 5.74) is 1.18. The van der Waals surface area contributed by atoms with Crippen LogP contribution in [0.15, 0.2) is 53.0 Å². The van der Waals surface area contributed by atoms with Gasteiger partial charge in [-0.2, -0.15) is 0 Å². The van der Waals surface area contributed by atoms with Gasteiger partial charge in [-0.1, -0.05) is 43.4 Å². The highest BCUT2D eigenvalue weighted by atomic mass is 79.9. The van der Waals surface area contributed by atoms with Gasteiger partial charge in [0.05, 0.1) is 16.9 Å². The van der Waals surface area contributed by atoms with Crippen LogP contribution >= 0.6 is 15.9 Å². The zero-order valence-electron chi connectivity index (χ0n) is 12.7. The van der Waals surface area contributed by atoms with E-state index in [1.54, 1.807) is 0 Å². The normalized spacial score (nSPS) is 11.2. The molecule has 2 nitrogen and oxygen atoms in total. The average molecular weight is 365 g/mol. The van der Waals surface area contributed by atoms with Crippen molar-refractivity contribution in [3.8, 4) is 11.5 Å². The van der Waals surface area contributed by atoms with Crippen LogP contribution in [0.1, 0.15) is 5.56 Å². The van der Waals surface area contributed by atoms with Crippen molar-refractivity contribution in [1.82, 2.24) is 0 Å². The van der Waals surface area contributed by atoms with Gasteiger partial charge in [-0.25, -0.2) is 0 Å². The van der Waals surface area contributed by atoms with Crippen LogP contribution in [0.25, 0.3) is 0 Å². The third-order valence-corrected chi connectivity index (χ3v) is 5.67. The summed E-state index contributed by atoms with van der Waals surface area (Å²) in [5, 5.41) is 0. The molecule has 0 unspecified atom stereocenters. The molecule has 0 saturated heterocycles. The Bertz CT molecular complexity index is 547. The van der Waals surface area contributed by atoms with Gasteiger partial charge in [-0.15, -0.1) is 0 Å². The van der Waals surface area contributed by atoms with Crippen molar-refractivity contribution in [2.75, 3.05) is 12.5 Å². The van der Waals surface area contributed by atoms with E-state index < -0.39 is 8.07 Å². The van der Waals surface area contributed by atoms with E-state index in [4.69, 9.17) is 9.47 Å². The van der Waals surface area contributed by atoms with Crippen molar-refractivity contribution < 1.29 is 9.47 Å². The quantitative estimate of drug-likeness (QED) is 0.671. The van der Waals surface area contributed by atoms with Crippen LogP contribution in [-0.4, -0.2) is 20.5 Å². The van der Waals surface area contributed by atoms with E-state index in [0.29, 0.717) is 0 Å². The lowest BCUT2D eigenvalue weighted by Gasteiger charge is -2.23. The lowest BCUT2D eigenvalue weighted by atomic mass is 10.2. The SMILES string of the molecule is Cc1ccccc1OC[Si](C)(C)COc1ccccc1Br. The molecule has 4 heteroatoms. The fourth-order valence-corrected chi connectivity index (χ4v) is 3.44. The maximum absolute atomic E-state index is 5.99. The maximum atomic E-state index is 5.99. The second-order valence-electron chi connectivity index (χ2n) is 5.94. The molecule has 0 atom stereocenters. The summed E-state index contributed by atoms with van der Waals surface area (Å²) < 4.78 is 12.9. The number of hydrogen-bond acceptors (Lipinski definition) is 2. The van der Waals surface area contributed by atoms with E-state index in [2.05, 4.69) is 42.0 Å². The second kappa shape index (κ2) is 7.14. The van der Waals surface area contributed by atoms with Gasteiger partial charge in [0.25, 0.3) is 0 Å². The van der Waals surface area contributed by atoms with Crippen LogP contribution in [-0.2, 0) is 0 Å². The molecule has 0 amide bonds. The number of ether oxygens (including phenoxy) is 2. The molecular weight excluding hydrogens is 344 g/mol.